The Bertz CT molecular complexity index is 2180. The van der Waals surface area contributed by atoms with E-state index in [0.29, 0.717) is 66.1 Å². The van der Waals surface area contributed by atoms with Crippen molar-refractivity contribution in [3.05, 3.63) is 75.7 Å². The van der Waals surface area contributed by atoms with Crippen LogP contribution in [-0.2, 0) is 32.3 Å². The van der Waals surface area contributed by atoms with E-state index in [4.69, 9.17) is 9.47 Å². The molecule has 0 aliphatic carbocycles. The molecular weight excluding hydrogens is 730 g/mol. The van der Waals surface area contributed by atoms with Crippen LogP contribution in [0.2, 0.25) is 0 Å². The summed E-state index contributed by atoms with van der Waals surface area (Å²) in [4.78, 5) is 17.4. The van der Waals surface area contributed by atoms with Crippen LogP contribution in [0.3, 0.4) is 0 Å². The van der Waals surface area contributed by atoms with Crippen LogP contribution in [0, 0.1) is 26.2 Å². The van der Waals surface area contributed by atoms with E-state index in [1.807, 2.05) is 13.8 Å². The number of fused-ring (bicyclic) bond motifs is 2. The number of nitrogens with one attached hydrogen (secondary N) is 1. The van der Waals surface area contributed by atoms with Gasteiger partial charge in [0.05, 0.1) is 25.2 Å². The Morgan fingerprint density at radius 2 is 1.78 bits per heavy atom. The largest absolute Gasteiger partial charge is 0.481 e. The van der Waals surface area contributed by atoms with Crippen molar-refractivity contribution < 1.29 is 46.1 Å². The first kappa shape index (κ1) is 39.4. The molecule has 3 aromatic heterocycles. The number of anilines is 1. The number of nitrogens with zero attached hydrogens (tertiary/aromatic N) is 5. The standard InChI is InChI=1S/C37H45F3N6O7S/c1-21-7-8-25(29(35(5,6)34(48)49)27-9-13-46-31(24(27)4)43-44-33(46)37(38,39)40)18-26(21)19-45-20-36(11-15-52-16-12-36)53-32-28(54(45,50)51)17-22(2)30(42-32)41-23(3)10-14-47/h7-9,13,17-18,23,29,47H,10-12,14-16,19-20H2,1-6H3,(H,41,42)(H,48,49)/t23-,29-/m0/s1. The van der Waals surface area contributed by atoms with Crippen LogP contribution in [0.4, 0.5) is 19.0 Å². The molecule has 6 rings (SSSR count). The van der Waals surface area contributed by atoms with Crippen molar-refractivity contribution in [1.82, 2.24) is 23.9 Å². The van der Waals surface area contributed by atoms with Crippen LogP contribution >= 0.6 is 0 Å². The summed E-state index contributed by atoms with van der Waals surface area (Å²) in [6, 6.07) is 8.19. The monoisotopic (exact) mass is 774 g/mol. The molecule has 17 heteroatoms. The molecule has 0 amide bonds. The molecule has 3 N–H and O–H groups in total. The molecule has 2 aliphatic heterocycles. The Labute approximate surface area is 311 Å². The topological polar surface area (TPSA) is 168 Å². The lowest BCUT2D eigenvalue weighted by atomic mass is 9.70. The number of aliphatic hydroxyl groups excluding tert-OH is 1. The van der Waals surface area contributed by atoms with Crippen molar-refractivity contribution in [3.63, 3.8) is 0 Å². The third kappa shape index (κ3) is 7.25. The summed E-state index contributed by atoms with van der Waals surface area (Å²) >= 11 is 0. The molecule has 0 bridgehead atoms. The summed E-state index contributed by atoms with van der Waals surface area (Å²) in [5.41, 5.74) is 0.748. The van der Waals surface area contributed by atoms with Crippen molar-refractivity contribution >= 4 is 27.5 Å². The number of alkyl halides is 3. The van der Waals surface area contributed by atoms with Crippen LogP contribution in [0.1, 0.15) is 85.2 Å². The van der Waals surface area contributed by atoms with Gasteiger partial charge >= 0.3 is 12.1 Å². The average molecular weight is 775 g/mol. The fourth-order valence-corrected chi connectivity index (χ4v) is 8.97. The third-order valence-corrected chi connectivity index (χ3v) is 12.4. The number of aryl methyl sites for hydroxylation is 3. The fourth-order valence-electron chi connectivity index (χ4n) is 7.35. The van der Waals surface area contributed by atoms with Gasteiger partial charge < -0.3 is 25.0 Å². The van der Waals surface area contributed by atoms with Crippen LogP contribution in [0.25, 0.3) is 5.65 Å². The molecule has 2 atom stereocenters. The lowest BCUT2D eigenvalue weighted by Crippen LogP contribution is -2.50. The number of halogens is 3. The molecule has 1 fully saturated rings. The number of aliphatic hydroxyl groups is 1. The first-order valence-electron chi connectivity index (χ1n) is 17.7. The van der Waals surface area contributed by atoms with Crippen molar-refractivity contribution in [1.29, 1.82) is 0 Å². The molecule has 4 aromatic rings. The summed E-state index contributed by atoms with van der Waals surface area (Å²) in [7, 11) is -4.22. The van der Waals surface area contributed by atoms with E-state index in [1.165, 1.54) is 16.6 Å². The van der Waals surface area contributed by atoms with Crippen molar-refractivity contribution in [2.24, 2.45) is 5.41 Å². The quantitative estimate of drug-likeness (QED) is 0.183. The maximum absolute atomic E-state index is 14.6. The van der Waals surface area contributed by atoms with Gasteiger partial charge in [-0.3, -0.25) is 9.20 Å². The highest BCUT2D eigenvalue weighted by molar-refractivity contribution is 7.89. The number of rotatable bonds is 10. The summed E-state index contributed by atoms with van der Waals surface area (Å²) < 4.78 is 84.8. The average Bonchev–Trinajstić information content (AvgIpc) is 3.52. The second-order valence-electron chi connectivity index (χ2n) is 14.9. The maximum Gasteiger partial charge on any atom is 0.452 e. The number of carboxylic acid groups (broad SMARTS) is 1. The van der Waals surface area contributed by atoms with Crippen molar-refractivity contribution in [2.75, 3.05) is 31.7 Å². The summed E-state index contributed by atoms with van der Waals surface area (Å²) in [6.07, 6.45) is -2.28. The number of pyridine rings is 2. The second-order valence-corrected chi connectivity index (χ2v) is 16.8. The molecule has 0 unspecified atom stereocenters. The number of hydrogen-bond donors (Lipinski definition) is 3. The molecule has 1 saturated heterocycles. The summed E-state index contributed by atoms with van der Waals surface area (Å²) in [5, 5.41) is 30.3. The molecule has 1 spiro atoms. The number of carboxylic acids is 1. The minimum Gasteiger partial charge on any atom is -0.481 e. The number of ether oxygens (including phenoxy) is 2. The van der Waals surface area contributed by atoms with Crippen molar-refractivity contribution in [3.8, 4) is 5.88 Å². The second kappa shape index (κ2) is 14.4. The Morgan fingerprint density at radius 1 is 1.07 bits per heavy atom. The van der Waals surface area contributed by atoms with E-state index in [0.717, 1.165) is 9.96 Å². The molecule has 0 saturated carbocycles. The van der Waals surface area contributed by atoms with Crippen LogP contribution < -0.4 is 10.1 Å². The minimum absolute atomic E-state index is 0.00428. The summed E-state index contributed by atoms with van der Waals surface area (Å²) in [6.45, 7) is 10.7. The smallest absolute Gasteiger partial charge is 0.452 e. The van der Waals surface area contributed by atoms with Crippen LogP contribution in [0.15, 0.2) is 41.4 Å². The zero-order chi connectivity index (χ0) is 39.4. The highest BCUT2D eigenvalue weighted by Crippen LogP contribution is 2.45. The molecule has 13 nitrogen and oxygen atoms in total. The van der Waals surface area contributed by atoms with E-state index in [1.54, 1.807) is 52.0 Å². The zero-order valence-electron chi connectivity index (χ0n) is 31.0. The first-order valence-corrected chi connectivity index (χ1v) is 19.1. The van der Waals surface area contributed by atoms with E-state index < -0.39 is 44.9 Å². The SMILES string of the molecule is Cc1ccc([C@@H](c2ccn3c(C(F)(F)F)nnc3c2C)C(C)(C)C(=O)O)cc1CN1CC2(CCOCC2)Oc2nc(N[C@@H](C)CCO)c(C)cc2S1(=O)=O. The van der Waals surface area contributed by atoms with Gasteiger partial charge in [0.15, 0.2) is 5.65 Å². The van der Waals surface area contributed by atoms with E-state index in [2.05, 4.69) is 20.5 Å². The highest BCUT2D eigenvalue weighted by atomic mass is 32.2. The number of aliphatic carboxylic acids is 1. The molecule has 2 aliphatic rings. The Balaban J connectivity index is 1.45. The van der Waals surface area contributed by atoms with Gasteiger partial charge in [0.1, 0.15) is 16.3 Å². The van der Waals surface area contributed by atoms with Gasteiger partial charge in [-0.15, -0.1) is 10.2 Å². The van der Waals surface area contributed by atoms with Crippen LogP contribution in [-0.4, -0.2) is 86.5 Å². The normalized spacial score (nSPS) is 18.5. The van der Waals surface area contributed by atoms with E-state index in [9.17, 15) is 36.6 Å². The predicted molar refractivity (Wildman–Crippen MR) is 192 cm³/mol. The van der Waals surface area contributed by atoms with Gasteiger partial charge in [-0.05, 0) is 93.5 Å². The third-order valence-electron chi connectivity index (χ3n) is 10.6. The first-order chi connectivity index (χ1) is 25.3. The maximum atomic E-state index is 14.6. The molecule has 54 heavy (non-hydrogen) atoms. The highest BCUT2D eigenvalue weighted by Gasteiger charge is 2.47. The van der Waals surface area contributed by atoms with Gasteiger partial charge in [0.2, 0.25) is 21.7 Å². The van der Waals surface area contributed by atoms with Crippen molar-refractivity contribution in [2.45, 2.75) is 96.0 Å². The molecule has 292 valence electrons. The summed E-state index contributed by atoms with van der Waals surface area (Å²) in [5.74, 6) is -2.79. The molecule has 0 radical (unpaired) electrons. The molecule has 1 aromatic carbocycles. The van der Waals surface area contributed by atoms with Gasteiger partial charge in [0.25, 0.3) is 0 Å². The Kier molecular flexibility index (Phi) is 10.5. The number of carbonyl (C=O) groups is 1. The van der Waals surface area contributed by atoms with Gasteiger partial charge in [-0.2, -0.15) is 22.5 Å². The zero-order valence-corrected chi connectivity index (χ0v) is 31.8. The lowest BCUT2D eigenvalue weighted by Gasteiger charge is -2.38. The Hall–Kier alpha value is -4.32. The molecule has 5 heterocycles. The number of benzene rings is 1. The number of aromatic nitrogens is 4. The van der Waals surface area contributed by atoms with E-state index >= 15 is 0 Å². The van der Waals surface area contributed by atoms with Gasteiger partial charge in [-0.25, -0.2) is 8.42 Å². The number of hydrogen-bond acceptors (Lipinski definition) is 10. The van der Waals surface area contributed by atoms with Crippen LogP contribution in [0.5, 0.6) is 5.88 Å². The Morgan fingerprint density at radius 3 is 2.43 bits per heavy atom. The van der Waals surface area contributed by atoms with Gasteiger partial charge in [0, 0.05) is 44.1 Å². The lowest BCUT2D eigenvalue weighted by molar-refractivity contribution is -0.147. The predicted octanol–water partition coefficient (Wildman–Crippen LogP) is 5.63. The van der Waals surface area contributed by atoms with Gasteiger partial charge in [-0.1, -0.05) is 18.2 Å². The number of sulfonamides is 1. The van der Waals surface area contributed by atoms with E-state index in [-0.39, 0.29) is 42.2 Å². The molecular formula is C37H45F3N6O7S. The minimum atomic E-state index is -4.76. The fraction of sp³-hybridized carbons (Fsp3) is 0.514.